The molecule has 0 spiro atoms. The normalized spacial score (nSPS) is 12.6. The minimum atomic E-state index is 0.236. The Morgan fingerprint density at radius 1 is 1.29 bits per heavy atom. The zero-order valence-electron chi connectivity index (χ0n) is 12.9. The first-order chi connectivity index (χ1) is 10.2. The van der Waals surface area contributed by atoms with Crippen LogP contribution in [0.5, 0.6) is 0 Å². The molecule has 3 N–H and O–H groups in total. The standard InChI is InChI=1S/C15H24N4OS/c1-4-11(6-7-20)9-17-13-12-8-10(3)21-14(12)19-15(18-13)16-5-2/h8,11,20H,4-7,9H2,1-3H3,(H2,16,17,18,19). The van der Waals surface area contributed by atoms with Gasteiger partial charge in [0.1, 0.15) is 10.6 Å². The fourth-order valence-corrected chi connectivity index (χ4v) is 3.17. The van der Waals surface area contributed by atoms with E-state index >= 15 is 0 Å². The molecule has 21 heavy (non-hydrogen) atoms. The van der Waals surface area contributed by atoms with Crippen molar-refractivity contribution in [3.8, 4) is 0 Å². The molecular weight excluding hydrogens is 284 g/mol. The van der Waals surface area contributed by atoms with Crippen LogP contribution in [0.2, 0.25) is 0 Å². The van der Waals surface area contributed by atoms with Crippen LogP contribution in [-0.4, -0.2) is 34.8 Å². The van der Waals surface area contributed by atoms with Crippen molar-refractivity contribution in [1.29, 1.82) is 0 Å². The molecule has 2 rings (SSSR count). The summed E-state index contributed by atoms with van der Waals surface area (Å²) in [6.45, 7) is 8.13. The summed E-state index contributed by atoms with van der Waals surface area (Å²) in [6, 6.07) is 2.13. The first-order valence-electron chi connectivity index (χ1n) is 7.54. The third-order valence-corrected chi connectivity index (χ3v) is 4.47. The predicted octanol–water partition coefficient (Wildman–Crippen LogP) is 3.25. The summed E-state index contributed by atoms with van der Waals surface area (Å²) >= 11 is 1.69. The number of nitrogens with zero attached hydrogens (tertiary/aromatic N) is 2. The maximum absolute atomic E-state index is 9.09. The first-order valence-corrected chi connectivity index (χ1v) is 8.36. The van der Waals surface area contributed by atoms with Gasteiger partial charge in [0, 0.05) is 24.6 Å². The van der Waals surface area contributed by atoms with Gasteiger partial charge in [0.25, 0.3) is 0 Å². The largest absolute Gasteiger partial charge is 0.396 e. The Kier molecular flexibility index (Phi) is 5.76. The van der Waals surface area contributed by atoms with Crippen LogP contribution in [0.4, 0.5) is 11.8 Å². The molecule has 2 aromatic heterocycles. The minimum absolute atomic E-state index is 0.236. The molecule has 0 aliphatic carbocycles. The predicted molar refractivity (Wildman–Crippen MR) is 90.3 cm³/mol. The Bertz CT molecular complexity index is 584. The lowest BCUT2D eigenvalue weighted by Crippen LogP contribution is -2.16. The quantitative estimate of drug-likeness (QED) is 0.698. The Balaban J connectivity index is 2.23. The van der Waals surface area contributed by atoms with E-state index in [1.165, 1.54) is 4.88 Å². The van der Waals surface area contributed by atoms with Crippen LogP contribution in [0, 0.1) is 12.8 Å². The van der Waals surface area contributed by atoms with Crippen LogP contribution in [0.1, 0.15) is 31.6 Å². The Hall–Kier alpha value is -1.40. The average molecular weight is 308 g/mol. The van der Waals surface area contributed by atoms with Gasteiger partial charge in [-0.1, -0.05) is 13.3 Å². The zero-order chi connectivity index (χ0) is 15.2. The summed E-state index contributed by atoms with van der Waals surface area (Å²) in [5.74, 6) is 2.02. The maximum Gasteiger partial charge on any atom is 0.226 e. The molecule has 0 saturated carbocycles. The lowest BCUT2D eigenvalue weighted by molar-refractivity contribution is 0.258. The zero-order valence-corrected chi connectivity index (χ0v) is 13.8. The van der Waals surface area contributed by atoms with Gasteiger partial charge in [-0.05, 0) is 32.3 Å². The van der Waals surface area contributed by atoms with Gasteiger partial charge >= 0.3 is 0 Å². The number of thiophene rings is 1. The highest BCUT2D eigenvalue weighted by molar-refractivity contribution is 7.18. The van der Waals surface area contributed by atoms with Crippen molar-refractivity contribution in [3.05, 3.63) is 10.9 Å². The molecular formula is C15H24N4OS. The molecule has 6 heteroatoms. The van der Waals surface area contributed by atoms with Crippen LogP contribution in [0.15, 0.2) is 6.07 Å². The molecule has 5 nitrogen and oxygen atoms in total. The summed E-state index contributed by atoms with van der Waals surface area (Å²) in [5, 5.41) is 16.8. The highest BCUT2D eigenvalue weighted by Gasteiger charge is 2.12. The molecule has 2 heterocycles. The fourth-order valence-electron chi connectivity index (χ4n) is 2.29. The lowest BCUT2D eigenvalue weighted by Gasteiger charge is -2.15. The Morgan fingerprint density at radius 3 is 2.76 bits per heavy atom. The summed E-state index contributed by atoms with van der Waals surface area (Å²) in [4.78, 5) is 11.4. The molecule has 0 aromatic carbocycles. The number of aryl methyl sites for hydroxylation is 1. The fraction of sp³-hybridized carbons (Fsp3) is 0.600. The van der Waals surface area contributed by atoms with Crippen molar-refractivity contribution in [3.63, 3.8) is 0 Å². The average Bonchev–Trinajstić information content (AvgIpc) is 2.84. The van der Waals surface area contributed by atoms with Gasteiger partial charge in [-0.2, -0.15) is 4.98 Å². The highest BCUT2D eigenvalue weighted by Crippen LogP contribution is 2.29. The lowest BCUT2D eigenvalue weighted by atomic mass is 10.0. The van der Waals surface area contributed by atoms with E-state index in [0.29, 0.717) is 11.9 Å². The Morgan fingerprint density at radius 2 is 2.10 bits per heavy atom. The second-order valence-electron chi connectivity index (χ2n) is 5.17. The molecule has 116 valence electrons. The molecule has 0 aliphatic rings. The van der Waals surface area contributed by atoms with Gasteiger partial charge in [-0.15, -0.1) is 11.3 Å². The summed E-state index contributed by atoms with van der Waals surface area (Å²) in [7, 11) is 0. The number of fused-ring (bicyclic) bond motifs is 1. The smallest absolute Gasteiger partial charge is 0.226 e. The van der Waals surface area contributed by atoms with E-state index in [0.717, 1.165) is 42.0 Å². The highest BCUT2D eigenvalue weighted by atomic mass is 32.1. The number of aliphatic hydroxyl groups is 1. The van der Waals surface area contributed by atoms with Crippen LogP contribution >= 0.6 is 11.3 Å². The van der Waals surface area contributed by atoms with E-state index in [2.05, 4.69) is 40.5 Å². The van der Waals surface area contributed by atoms with Gasteiger partial charge in [-0.25, -0.2) is 4.98 Å². The van der Waals surface area contributed by atoms with E-state index in [9.17, 15) is 0 Å². The van der Waals surface area contributed by atoms with Crippen molar-refractivity contribution in [2.45, 2.75) is 33.6 Å². The number of rotatable bonds is 8. The summed E-state index contributed by atoms with van der Waals surface area (Å²) in [6.07, 6.45) is 1.87. The van der Waals surface area contributed by atoms with Crippen molar-refractivity contribution in [2.75, 3.05) is 30.3 Å². The monoisotopic (exact) mass is 308 g/mol. The second-order valence-corrected chi connectivity index (χ2v) is 6.40. The third-order valence-electron chi connectivity index (χ3n) is 3.52. The van der Waals surface area contributed by atoms with Gasteiger partial charge in [0.2, 0.25) is 5.95 Å². The molecule has 1 atom stereocenters. The van der Waals surface area contributed by atoms with Crippen molar-refractivity contribution < 1.29 is 5.11 Å². The van der Waals surface area contributed by atoms with Crippen LogP contribution < -0.4 is 10.6 Å². The van der Waals surface area contributed by atoms with Gasteiger partial charge < -0.3 is 15.7 Å². The van der Waals surface area contributed by atoms with Crippen LogP contribution in [0.3, 0.4) is 0 Å². The molecule has 0 radical (unpaired) electrons. The van der Waals surface area contributed by atoms with Crippen molar-refractivity contribution in [1.82, 2.24) is 9.97 Å². The van der Waals surface area contributed by atoms with Crippen LogP contribution in [0.25, 0.3) is 10.2 Å². The molecule has 0 aliphatic heterocycles. The topological polar surface area (TPSA) is 70.1 Å². The van der Waals surface area contributed by atoms with Crippen molar-refractivity contribution >= 4 is 33.3 Å². The van der Waals surface area contributed by atoms with E-state index in [1.807, 2.05) is 6.92 Å². The summed E-state index contributed by atoms with van der Waals surface area (Å²) < 4.78 is 0. The molecule has 0 bridgehead atoms. The molecule has 2 aromatic rings. The van der Waals surface area contributed by atoms with E-state index < -0.39 is 0 Å². The van der Waals surface area contributed by atoms with Gasteiger partial charge in [0.15, 0.2) is 0 Å². The number of aliphatic hydroxyl groups excluding tert-OH is 1. The van der Waals surface area contributed by atoms with E-state index in [1.54, 1.807) is 11.3 Å². The van der Waals surface area contributed by atoms with E-state index in [-0.39, 0.29) is 6.61 Å². The van der Waals surface area contributed by atoms with E-state index in [4.69, 9.17) is 5.11 Å². The molecule has 0 fully saturated rings. The van der Waals surface area contributed by atoms with Gasteiger partial charge in [-0.3, -0.25) is 0 Å². The minimum Gasteiger partial charge on any atom is -0.396 e. The number of anilines is 2. The van der Waals surface area contributed by atoms with Crippen LogP contribution in [-0.2, 0) is 0 Å². The number of hydrogen-bond acceptors (Lipinski definition) is 6. The van der Waals surface area contributed by atoms with Gasteiger partial charge in [0.05, 0.1) is 5.39 Å². The van der Waals surface area contributed by atoms with Crippen molar-refractivity contribution in [2.24, 2.45) is 5.92 Å². The Labute approximate surface area is 129 Å². The SMILES string of the molecule is CCNc1nc(NCC(CC)CCO)c2cc(C)sc2n1. The second kappa shape index (κ2) is 7.56. The molecule has 0 amide bonds. The third kappa shape index (κ3) is 4.04. The maximum atomic E-state index is 9.09. The number of nitrogens with one attached hydrogen (secondary N) is 2. The number of aromatic nitrogens is 2. The number of hydrogen-bond donors (Lipinski definition) is 3. The summed E-state index contributed by atoms with van der Waals surface area (Å²) in [5.41, 5.74) is 0. The first kappa shape index (κ1) is 16.0. The molecule has 0 saturated heterocycles. The molecule has 1 unspecified atom stereocenters.